The van der Waals surface area contributed by atoms with Crippen LogP contribution in [0.1, 0.15) is 43.5 Å². The average molecular weight is 477 g/mol. The first kappa shape index (κ1) is 22.2. The Bertz CT molecular complexity index is 1290. The van der Waals surface area contributed by atoms with E-state index in [1.165, 1.54) is 16.2 Å². The van der Waals surface area contributed by atoms with Gasteiger partial charge in [-0.25, -0.2) is 4.98 Å². The molecular weight excluding hydrogens is 452 g/mol. The fourth-order valence-corrected chi connectivity index (χ4v) is 4.86. The standard InChI is InChI=1S/C26H24N2O5S/c1-26(2,3)17-7-4-15(5-8-17)21-20(23(30)24(31)28(21)25-27-10-13-34-25)22(29)16-6-9-18-19(14-16)33-12-11-32-18/h4-10,13-14,21,29H,11-12H2,1-3H3/b22-20+/t21-/m0/s1. The Morgan fingerprint density at radius 1 is 1.06 bits per heavy atom. The van der Waals surface area contributed by atoms with E-state index in [9.17, 15) is 14.7 Å². The number of amides is 1. The number of anilines is 1. The van der Waals surface area contributed by atoms with Gasteiger partial charge in [0.15, 0.2) is 16.6 Å². The highest BCUT2D eigenvalue weighted by atomic mass is 32.1. The smallest absolute Gasteiger partial charge is 0.301 e. The molecule has 3 heterocycles. The highest BCUT2D eigenvalue weighted by Gasteiger charge is 2.48. The molecule has 2 aliphatic heterocycles. The first-order chi connectivity index (χ1) is 16.3. The number of ether oxygens (including phenoxy) is 2. The van der Waals surface area contributed by atoms with E-state index in [0.29, 0.717) is 41.0 Å². The third-order valence-corrected chi connectivity index (χ3v) is 6.75. The van der Waals surface area contributed by atoms with Crippen LogP contribution in [0.2, 0.25) is 0 Å². The molecule has 7 nitrogen and oxygen atoms in total. The van der Waals surface area contributed by atoms with Gasteiger partial charge in [0.1, 0.15) is 19.0 Å². The maximum Gasteiger partial charge on any atom is 0.301 e. The number of benzene rings is 2. The minimum Gasteiger partial charge on any atom is -0.507 e. The molecule has 1 atom stereocenters. The lowest BCUT2D eigenvalue weighted by Gasteiger charge is -2.25. The molecule has 174 valence electrons. The van der Waals surface area contributed by atoms with Crippen molar-refractivity contribution >= 4 is 33.9 Å². The van der Waals surface area contributed by atoms with Gasteiger partial charge in [-0.05, 0) is 34.7 Å². The Labute approximate surface area is 201 Å². The van der Waals surface area contributed by atoms with Gasteiger partial charge in [-0.15, -0.1) is 11.3 Å². The van der Waals surface area contributed by atoms with Gasteiger partial charge in [0.25, 0.3) is 5.78 Å². The molecule has 2 aliphatic rings. The van der Waals surface area contributed by atoms with Crippen molar-refractivity contribution in [3.63, 3.8) is 0 Å². The number of rotatable bonds is 3. The molecule has 0 saturated carbocycles. The molecule has 0 aliphatic carbocycles. The molecule has 0 radical (unpaired) electrons. The zero-order valence-corrected chi connectivity index (χ0v) is 19.9. The minimum absolute atomic E-state index is 0.0142. The van der Waals surface area contributed by atoms with Crippen molar-refractivity contribution in [2.75, 3.05) is 18.1 Å². The summed E-state index contributed by atoms with van der Waals surface area (Å²) in [4.78, 5) is 32.0. The number of aliphatic hydroxyl groups is 1. The predicted molar refractivity (Wildman–Crippen MR) is 129 cm³/mol. The van der Waals surface area contributed by atoms with Crippen molar-refractivity contribution < 1.29 is 24.2 Å². The summed E-state index contributed by atoms with van der Waals surface area (Å²) in [5, 5.41) is 13.4. The third kappa shape index (κ3) is 3.74. The van der Waals surface area contributed by atoms with Crippen molar-refractivity contribution in [2.45, 2.75) is 32.2 Å². The number of nitrogens with zero attached hydrogens (tertiary/aromatic N) is 2. The fourth-order valence-electron chi connectivity index (χ4n) is 4.19. The van der Waals surface area contributed by atoms with E-state index in [2.05, 4.69) is 25.8 Å². The van der Waals surface area contributed by atoms with Crippen LogP contribution in [-0.2, 0) is 15.0 Å². The quantitative estimate of drug-likeness (QED) is 0.331. The van der Waals surface area contributed by atoms with Crippen LogP contribution in [0.15, 0.2) is 59.6 Å². The second-order valence-electron chi connectivity index (χ2n) is 9.21. The Morgan fingerprint density at radius 2 is 1.76 bits per heavy atom. The highest BCUT2D eigenvalue weighted by Crippen LogP contribution is 2.44. The Kier molecular flexibility index (Phi) is 5.40. The SMILES string of the molecule is CC(C)(C)c1ccc([C@H]2/C(=C(\O)c3ccc4c(c3)OCCO4)C(=O)C(=O)N2c2nccs2)cc1. The molecule has 0 spiro atoms. The Morgan fingerprint density at radius 3 is 2.41 bits per heavy atom. The minimum atomic E-state index is -0.812. The topological polar surface area (TPSA) is 89.0 Å². The molecule has 34 heavy (non-hydrogen) atoms. The van der Waals surface area contributed by atoms with Gasteiger partial charge in [-0.2, -0.15) is 0 Å². The molecule has 2 aromatic carbocycles. The molecule has 1 aromatic heterocycles. The van der Waals surface area contributed by atoms with E-state index in [0.717, 1.165) is 5.56 Å². The number of hydrogen-bond donors (Lipinski definition) is 1. The Hall–Kier alpha value is -3.65. The fraction of sp³-hybridized carbons (Fsp3) is 0.269. The first-order valence-electron chi connectivity index (χ1n) is 11.0. The zero-order valence-electron chi connectivity index (χ0n) is 19.1. The van der Waals surface area contributed by atoms with Crippen LogP contribution in [0.5, 0.6) is 11.5 Å². The van der Waals surface area contributed by atoms with Crippen molar-refractivity contribution in [1.82, 2.24) is 4.98 Å². The molecule has 1 fully saturated rings. The third-order valence-electron chi connectivity index (χ3n) is 5.98. The number of hydrogen-bond acceptors (Lipinski definition) is 7. The number of thiazole rings is 1. The van der Waals surface area contributed by atoms with E-state index in [1.807, 2.05) is 24.3 Å². The second-order valence-corrected chi connectivity index (χ2v) is 10.1. The number of fused-ring (bicyclic) bond motifs is 1. The van der Waals surface area contributed by atoms with Crippen LogP contribution in [-0.4, -0.2) is 35.0 Å². The van der Waals surface area contributed by atoms with E-state index in [4.69, 9.17) is 9.47 Å². The summed E-state index contributed by atoms with van der Waals surface area (Å²) in [6.07, 6.45) is 1.58. The van der Waals surface area contributed by atoms with Gasteiger partial charge in [0.05, 0.1) is 11.6 Å². The summed E-state index contributed by atoms with van der Waals surface area (Å²) in [5.74, 6) is -0.693. The van der Waals surface area contributed by atoms with Crippen molar-refractivity contribution in [3.05, 3.63) is 76.3 Å². The molecule has 0 bridgehead atoms. The maximum absolute atomic E-state index is 13.2. The number of carbonyl (C=O) groups is 2. The Balaban J connectivity index is 1.66. The molecule has 3 aromatic rings. The lowest BCUT2D eigenvalue weighted by molar-refractivity contribution is -0.132. The lowest BCUT2D eigenvalue weighted by atomic mass is 9.85. The molecule has 1 saturated heterocycles. The predicted octanol–water partition coefficient (Wildman–Crippen LogP) is 4.84. The molecular formula is C26H24N2O5S. The molecule has 0 unspecified atom stereocenters. The van der Waals surface area contributed by atoms with Crippen LogP contribution in [0.4, 0.5) is 5.13 Å². The van der Waals surface area contributed by atoms with Crippen molar-refractivity contribution in [3.8, 4) is 11.5 Å². The van der Waals surface area contributed by atoms with E-state index in [1.54, 1.807) is 29.8 Å². The summed E-state index contributed by atoms with van der Waals surface area (Å²) in [6.45, 7) is 7.19. The van der Waals surface area contributed by atoms with E-state index in [-0.39, 0.29) is 16.7 Å². The largest absolute Gasteiger partial charge is 0.507 e. The van der Waals surface area contributed by atoms with Gasteiger partial charge in [0, 0.05) is 17.1 Å². The zero-order chi connectivity index (χ0) is 24.0. The van der Waals surface area contributed by atoms with Crippen LogP contribution < -0.4 is 14.4 Å². The van der Waals surface area contributed by atoms with Gasteiger partial charge in [0.2, 0.25) is 0 Å². The molecule has 1 N–H and O–H groups in total. The van der Waals surface area contributed by atoms with Crippen molar-refractivity contribution in [1.29, 1.82) is 0 Å². The number of aromatic nitrogens is 1. The van der Waals surface area contributed by atoms with Crippen LogP contribution in [0.3, 0.4) is 0 Å². The first-order valence-corrected chi connectivity index (χ1v) is 11.8. The molecule has 5 rings (SSSR count). The van der Waals surface area contributed by atoms with Gasteiger partial charge < -0.3 is 14.6 Å². The van der Waals surface area contributed by atoms with Crippen LogP contribution in [0, 0.1) is 0 Å². The monoisotopic (exact) mass is 476 g/mol. The van der Waals surface area contributed by atoms with E-state index >= 15 is 0 Å². The second kappa shape index (κ2) is 8.29. The number of Topliss-reactive ketones (excluding diaryl/α,β-unsaturated/α-hetero) is 1. The highest BCUT2D eigenvalue weighted by molar-refractivity contribution is 7.14. The molecule has 1 amide bonds. The molecule has 8 heteroatoms. The summed E-state index contributed by atoms with van der Waals surface area (Å²) in [7, 11) is 0. The van der Waals surface area contributed by atoms with Crippen LogP contribution >= 0.6 is 11.3 Å². The van der Waals surface area contributed by atoms with Gasteiger partial charge in [-0.3, -0.25) is 14.5 Å². The summed E-state index contributed by atoms with van der Waals surface area (Å²) in [5.41, 5.74) is 2.16. The average Bonchev–Trinajstić information content (AvgIpc) is 3.44. The summed E-state index contributed by atoms with van der Waals surface area (Å²) in [6, 6.07) is 11.9. The van der Waals surface area contributed by atoms with Gasteiger partial charge >= 0.3 is 5.91 Å². The van der Waals surface area contributed by atoms with Crippen LogP contribution in [0.25, 0.3) is 5.76 Å². The normalized spacial score (nSPS) is 19.5. The van der Waals surface area contributed by atoms with Gasteiger partial charge in [-0.1, -0.05) is 45.0 Å². The van der Waals surface area contributed by atoms with E-state index < -0.39 is 17.7 Å². The number of aliphatic hydroxyl groups excluding tert-OH is 1. The lowest BCUT2D eigenvalue weighted by Crippen LogP contribution is -2.29. The maximum atomic E-state index is 13.2. The number of carbonyl (C=O) groups excluding carboxylic acids is 2. The summed E-state index contributed by atoms with van der Waals surface area (Å²) < 4.78 is 11.2. The van der Waals surface area contributed by atoms with Crippen molar-refractivity contribution in [2.24, 2.45) is 0 Å². The summed E-state index contributed by atoms with van der Waals surface area (Å²) >= 11 is 1.26. The number of ketones is 1.